The van der Waals surface area contributed by atoms with Gasteiger partial charge in [0.2, 0.25) is 5.95 Å². The Labute approximate surface area is 91.5 Å². The number of anilines is 2. The van der Waals surface area contributed by atoms with Gasteiger partial charge in [0.1, 0.15) is 10.6 Å². The lowest BCUT2D eigenvalue weighted by Crippen LogP contribution is -2.07. The summed E-state index contributed by atoms with van der Waals surface area (Å²) in [6.45, 7) is 2.23. The zero-order valence-corrected chi connectivity index (χ0v) is 9.21. The first-order valence-electron chi connectivity index (χ1n) is 5.01. The molecule has 0 aliphatic heterocycles. The van der Waals surface area contributed by atoms with E-state index in [0.717, 1.165) is 22.0 Å². The van der Waals surface area contributed by atoms with Crippen molar-refractivity contribution >= 4 is 33.3 Å². The van der Waals surface area contributed by atoms with Crippen LogP contribution >= 0.6 is 11.3 Å². The van der Waals surface area contributed by atoms with Gasteiger partial charge in [0, 0.05) is 6.04 Å². The number of aromatic nitrogens is 2. The Morgan fingerprint density at radius 3 is 3.07 bits per heavy atom. The van der Waals surface area contributed by atoms with Crippen LogP contribution in [0.1, 0.15) is 13.3 Å². The maximum atomic E-state index is 5.66. The minimum Gasteiger partial charge on any atom is -0.368 e. The highest BCUT2D eigenvalue weighted by molar-refractivity contribution is 7.16. The van der Waals surface area contributed by atoms with Gasteiger partial charge >= 0.3 is 0 Å². The summed E-state index contributed by atoms with van der Waals surface area (Å²) in [5.41, 5.74) is 5.66. The van der Waals surface area contributed by atoms with Gasteiger partial charge in [-0.1, -0.05) is 6.92 Å². The van der Waals surface area contributed by atoms with E-state index in [1.807, 2.05) is 11.4 Å². The monoisotopic (exact) mass is 220 g/mol. The number of thiophene rings is 1. The maximum absolute atomic E-state index is 5.66. The highest BCUT2D eigenvalue weighted by atomic mass is 32.1. The molecule has 1 saturated carbocycles. The topological polar surface area (TPSA) is 63.8 Å². The van der Waals surface area contributed by atoms with Crippen molar-refractivity contribution in [3.63, 3.8) is 0 Å². The second-order valence-corrected chi connectivity index (χ2v) is 4.93. The van der Waals surface area contributed by atoms with Crippen LogP contribution in [0.15, 0.2) is 11.4 Å². The van der Waals surface area contributed by atoms with Gasteiger partial charge in [-0.3, -0.25) is 0 Å². The highest BCUT2D eigenvalue weighted by Crippen LogP contribution is 2.35. The van der Waals surface area contributed by atoms with Gasteiger partial charge in [-0.15, -0.1) is 11.3 Å². The van der Waals surface area contributed by atoms with Crippen molar-refractivity contribution in [2.75, 3.05) is 11.1 Å². The van der Waals surface area contributed by atoms with Gasteiger partial charge in [-0.05, 0) is 23.8 Å². The molecule has 2 unspecified atom stereocenters. The molecule has 0 amide bonds. The molecule has 4 nitrogen and oxygen atoms in total. The van der Waals surface area contributed by atoms with Gasteiger partial charge in [-0.25, -0.2) is 4.98 Å². The fraction of sp³-hybridized carbons (Fsp3) is 0.400. The second-order valence-electron chi connectivity index (χ2n) is 4.03. The average molecular weight is 220 g/mol. The summed E-state index contributed by atoms with van der Waals surface area (Å²) < 4.78 is 0. The van der Waals surface area contributed by atoms with E-state index in [1.165, 1.54) is 6.42 Å². The summed E-state index contributed by atoms with van der Waals surface area (Å²) >= 11 is 1.59. The van der Waals surface area contributed by atoms with Crippen molar-refractivity contribution in [2.24, 2.45) is 5.92 Å². The van der Waals surface area contributed by atoms with Crippen LogP contribution in [0.2, 0.25) is 0 Å². The predicted molar refractivity (Wildman–Crippen MR) is 63.0 cm³/mol. The molecule has 0 radical (unpaired) electrons. The number of hydrogen-bond acceptors (Lipinski definition) is 5. The smallest absolute Gasteiger partial charge is 0.223 e. The molecule has 2 heterocycles. The fourth-order valence-electron chi connectivity index (χ4n) is 1.68. The molecule has 3 N–H and O–H groups in total. The number of fused-ring (bicyclic) bond motifs is 1. The fourth-order valence-corrected chi connectivity index (χ4v) is 2.45. The van der Waals surface area contributed by atoms with E-state index in [0.29, 0.717) is 12.0 Å². The van der Waals surface area contributed by atoms with Crippen molar-refractivity contribution < 1.29 is 0 Å². The molecule has 0 bridgehead atoms. The summed E-state index contributed by atoms with van der Waals surface area (Å²) in [6.07, 6.45) is 1.22. The zero-order valence-electron chi connectivity index (χ0n) is 8.40. The van der Waals surface area contributed by atoms with Crippen LogP contribution in [0.5, 0.6) is 0 Å². The normalized spacial score (nSPS) is 24.3. The van der Waals surface area contributed by atoms with E-state index in [-0.39, 0.29) is 0 Å². The van der Waals surface area contributed by atoms with Crippen LogP contribution in [0, 0.1) is 5.92 Å². The molecular weight excluding hydrogens is 208 g/mol. The maximum Gasteiger partial charge on any atom is 0.223 e. The Bertz CT molecular complexity index is 507. The largest absolute Gasteiger partial charge is 0.368 e. The number of nitrogens with two attached hydrogens (primary N) is 1. The molecule has 0 aromatic carbocycles. The van der Waals surface area contributed by atoms with E-state index in [2.05, 4.69) is 22.2 Å². The Morgan fingerprint density at radius 1 is 1.53 bits per heavy atom. The highest BCUT2D eigenvalue weighted by Gasteiger charge is 2.33. The summed E-state index contributed by atoms with van der Waals surface area (Å²) in [6, 6.07) is 2.59. The van der Waals surface area contributed by atoms with E-state index < -0.39 is 0 Å². The minimum absolute atomic E-state index is 0.348. The molecule has 2 aromatic rings. The van der Waals surface area contributed by atoms with Crippen molar-refractivity contribution in [1.29, 1.82) is 0 Å². The summed E-state index contributed by atoms with van der Waals surface area (Å²) in [4.78, 5) is 9.40. The lowest BCUT2D eigenvalue weighted by Gasteiger charge is -2.05. The predicted octanol–water partition coefficient (Wildman–Crippen LogP) is 2.09. The lowest BCUT2D eigenvalue weighted by atomic mass is 10.3. The number of nitrogen functional groups attached to an aromatic ring is 1. The standard InChI is InChI=1S/C10H12N4S/c1-5-4-7(5)12-8-6-2-3-15-9(6)14-10(11)13-8/h2-3,5,7H,4H2,1H3,(H3,11,12,13,14). The first-order chi connectivity index (χ1) is 7.24. The number of nitrogens with zero attached hydrogens (tertiary/aromatic N) is 2. The molecule has 2 atom stereocenters. The van der Waals surface area contributed by atoms with E-state index >= 15 is 0 Å². The Hall–Kier alpha value is -1.36. The number of hydrogen-bond donors (Lipinski definition) is 2. The van der Waals surface area contributed by atoms with E-state index in [4.69, 9.17) is 5.73 Å². The van der Waals surface area contributed by atoms with Crippen LogP contribution in [0.3, 0.4) is 0 Å². The molecule has 1 fully saturated rings. The van der Waals surface area contributed by atoms with Crippen LogP contribution < -0.4 is 11.1 Å². The molecule has 5 heteroatoms. The van der Waals surface area contributed by atoms with Crippen LogP contribution in [-0.4, -0.2) is 16.0 Å². The summed E-state index contributed by atoms with van der Waals surface area (Å²) in [5.74, 6) is 1.98. The molecule has 3 rings (SSSR count). The van der Waals surface area contributed by atoms with Crippen LogP contribution in [0.25, 0.3) is 10.2 Å². The third kappa shape index (κ3) is 1.52. The lowest BCUT2D eigenvalue weighted by molar-refractivity contribution is 0.925. The second kappa shape index (κ2) is 3.06. The third-order valence-corrected chi connectivity index (χ3v) is 3.58. The average Bonchev–Trinajstić information content (AvgIpc) is 2.71. The van der Waals surface area contributed by atoms with Gasteiger partial charge in [0.05, 0.1) is 5.39 Å². The van der Waals surface area contributed by atoms with Crippen molar-refractivity contribution in [3.8, 4) is 0 Å². The first kappa shape index (κ1) is 8.91. The molecule has 1 aliphatic carbocycles. The SMILES string of the molecule is CC1CC1Nc1nc(N)nc2sccc12. The zero-order chi connectivity index (χ0) is 10.4. The summed E-state index contributed by atoms with van der Waals surface area (Å²) in [5, 5.41) is 6.50. The first-order valence-corrected chi connectivity index (χ1v) is 5.89. The molecule has 1 aliphatic rings. The third-order valence-electron chi connectivity index (χ3n) is 2.77. The Balaban J connectivity index is 2.03. The van der Waals surface area contributed by atoms with Crippen molar-refractivity contribution in [2.45, 2.75) is 19.4 Å². The van der Waals surface area contributed by atoms with Gasteiger partial charge < -0.3 is 11.1 Å². The number of rotatable bonds is 2. The Morgan fingerprint density at radius 2 is 2.33 bits per heavy atom. The van der Waals surface area contributed by atoms with Crippen molar-refractivity contribution in [1.82, 2.24) is 9.97 Å². The minimum atomic E-state index is 0.348. The van der Waals surface area contributed by atoms with Gasteiger partial charge in [0.15, 0.2) is 0 Å². The van der Waals surface area contributed by atoms with Gasteiger partial charge in [-0.2, -0.15) is 4.98 Å². The Kier molecular flexibility index (Phi) is 1.82. The van der Waals surface area contributed by atoms with E-state index in [1.54, 1.807) is 11.3 Å². The molecule has 2 aromatic heterocycles. The van der Waals surface area contributed by atoms with Gasteiger partial charge in [0.25, 0.3) is 0 Å². The molecular formula is C10H12N4S. The van der Waals surface area contributed by atoms with Crippen LogP contribution in [0.4, 0.5) is 11.8 Å². The molecule has 78 valence electrons. The molecule has 0 spiro atoms. The van der Waals surface area contributed by atoms with E-state index in [9.17, 15) is 0 Å². The molecule has 15 heavy (non-hydrogen) atoms. The quantitative estimate of drug-likeness (QED) is 0.813. The van der Waals surface area contributed by atoms with Crippen molar-refractivity contribution in [3.05, 3.63) is 11.4 Å². The van der Waals surface area contributed by atoms with Crippen LogP contribution in [-0.2, 0) is 0 Å². The number of nitrogens with one attached hydrogen (secondary N) is 1. The summed E-state index contributed by atoms with van der Waals surface area (Å²) in [7, 11) is 0. The molecule has 0 saturated heterocycles.